The highest BCUT2D eigenvalue weighted by molar-refractivity contribution is 6.36. The van der Waals surface area contributed by atoms with Crippen LogP contribution in [0.4, 0.5) is 17.5 Å². The van der Waals surface area contributed by atoms with E-state index < -0.39 is 4.92 Å². The molecule has 0 amide bonds. The van der Waals surface area contributed by atoms with Crippen molar-refractivity contribution in [3.05, 3.63) is 68.4 Å². The quantitative estimate of drug-likeness (QED) is 0.328. The van der Waals surface area contributed by atoms with Crippen LogP contribution in [-0.4, -0.2) is 33.0 Å². The summed E-state index contributed by atoms with van der Waals surface area (Å²) < 4.78 is 0. The maximum Gasteiger partial charge on any atom is 0.390 e. The fourth-order valence-corrected chi connectivity index (χ4v) is 2.92. The van der Waals surface area contributed by atoms with Crippen molar-refractivity contribution in [2.75, 3.05) is 23.7 Å². The van der Waals surface area contributed by atoms with Crippen LogP contribution in [0.1, 0.15) is 5.56 Å². The highest BCUT2D eigenvalue weighted by atomic mass is 35.5. The molecule has 2 heterocycles. The maximum absolute atomic E-state index is 11.3. The molecule has 0 aliphatic rings. The number of hydrogen-bond donors (Lipinski definition) is 2. The van der Waals surface area contributed by atoms with E-state index in [1.54, 1.807) is 18.3 Å². The number of aryl methyl sites for hydroxylation is 1. The van der Waals surface area contributed by atoms with Gasteiger partial charge in [0.25, 0.3) is 0 Å². The Labute approximate surface area is 171 Å². The first-order valence-corrected chi connectivity index (χ1v) is 9.07. The molecule has 0 saturated heterocycles. The summed E-state index contributed by atoms with van der Waals surface area (Å²) in [5.74, 6) is 0.776. The Kier molecular flexibility index (Phi) is 6.23. The monoisotopic (exact) mass is 418 g/mol. The van der Waals surface area contributed by atoms with E-state index in [1.807, 2.05) is 19.1 Å². The fourth-order valence-electron chi connectivity index (χ4n) is 2.42. The molecule has 0 aliphatic heterocycles. The largest absolute Gasteiger partial charge is 0.390 e. The van der Waals surface area contributed by atoms with Crippen molar-refractivity contribution < 1.29 is 4.92 Å². The lowest BCUT2D eigenvalue weighted by atomic mass is 10.1. The number of benzene rings is 1. The van der Waals surface area contributed by atoms with E-state index in [2.05, 4.69) is 25.6 Å². The Morgan fingerprint density at radius 1 is 1.04 bits per heavy atom. The number of nitro groups is 1. The van der Waals surface area contributed by atoms with Crippen LogP contribution in [0.25, 0.3) is 11.3 Å². The molecule has 0 aliphatic carbocycles. The molecule has 10 heteroatoms. The van der Waals surface area contributed by atoms with E-state index in [0.717, 1.165) is 11.4 Å². The van der Waals surface area contributed by atoms with Crippen molar-refractivity contribution in [1.29, 1.82) is 0 Å². The van der Waals surface area contributed by atoms with Gasteiger partial charge in [0.2, 0.25) is 0 Å². The fraction of sp³-hybridized carbons (Fsp3) is 0.167. The molecule has 2 aromatic heterocycles. The maximum atomic E-state index is 11.3. The van der Waals surface area contributed by atoms with Crippen LogP contribution < -0.4 is 10.6 Å². The van der Waals surface area contributed by atoms with Crippen LogP contribution in [0.15, 0.2) is 42.7 Å². The third-order valence-corrected chi connectivity index (χ3v) is 4.31. The van der Waals surface area contributed by atoms with Crippen molar-refractivity contribution >= 4 is 40.7 Å². The molecule has 2 N–H and O–H groups in total. The predicted molar refractivity (Wildman–Crippen MR) is 110 cm³/mol. The topological polar surface area (TPSA) is 106 Å². The highest BCUT2D eigenvalue weighted by Crippen LogP contribution is 2.34. The average Bonchev–Trinajstić information content (AvgIpc) is 2.66. The summed E-state index contributed by atoms with van der Waals surface area (Å²) in [7, 11) is 0. The summed E-state index contributed by atoms with van der Waals surface area (Å²) >= 11 is 12.1. The van der Waals surface area contributed by atoms with Gasteiger partial charge in [-0.05, 0) is 46.7 Å². The molecule has 0 spiro atoms. The minimum Gasteiger partial charge on any atom is -0.368 e. The molecule has 3 aromatic rings. The second-order valence-corrected chi connectivity index (χ2v) is 6.73. The summed E-state index contributed by atoms with van der Waals surface area (Å²) in [4.78, 5) is 23.2. The van der Waals surface area contributed by atoms with Crippen molar-refractivity contribution in [3.8, 4) is 11.3 Å². The number of rotatable bonds is 7. The molecular weight excluding hydrogens is 403 g/mol. The second-order valence-electron chi connectivity index (χ2n) is 5.88. The lowest BCUT2D eigenvalue weighted by Crippen LogP contribution is -2.15. The van der Waals surface area contributed by atoms with Gasteiger partial charge >= 0.3 is 5.82 Å². The molecule has 28 heavy (non-hydrogen) atoms. The van der Waals surface area contributed by atoms with E-state index in [0.29, 0.717) is 29.5 Å². The van der Waals surface area contributed by atoms with Crippen molar-refractivity contribution in [2.24, 2.45) is 0 Å². The summed E-state index contributed by atoms with van der Waals surface area (Å²) in [6.07, 6.45) is 3.09. The van der Waals surface area contributed by atoms with Crippen LogP contribution in [0.2, 0.25) is 10.0 Å². The molecule has 0 fully saturated rings. The molecule has 0 radical (unpaired) electrons. The smallest absolute Gasteiger partial charge is 0.368 e. The van der Waals surface area contributed by atoms with E-state index in [9.17, 15) is 10.1 Å². The summed E-state index contributed by atoms with van der Waals surface area (Å²) in [6, 6.07) is 8.53. The van der Waals surface area contributed by atoms with Gasteiger partial charge in [-0.2, -0.15) is 0 Å². The van der Waals surface area contributed by atoms with Crippen LogP contribution in [0.5, 0.6) is 0 Å². The third-order valence-electron chi connectivity index (χ3n) is 3.76. The summed E-state index contributed by atoms with van der Waals surface area (Å²) in [5, 5.41) is 18.3. The van der Waals surface area contributed by atoms with Gasteiger partial charge in [0.05, 0.1) is 5.02 Å². The second kappa shape index (κ2) is 8.81. The molecular formula is C18H16Cl2N6O2. The van der Waals surface area contributed by atoms with Crippen molar-refractivity contribution in [1.82, 2.24) is 15.0 Å². The lowest BCUT2D eigenvalue weighted by Gasteiger charge is -2.09. The number of aromatic nitrogens is 3. The SMILES string of the molecule is Cc1ccc(NCCNc2cnc([N+](=O)[O-])c(-c3ccc(Cl)cc3Cl)n2)nc1. The van der Waals surface area contributed by atoms with E-state index >= 15 is 0 Å². The van der Waals surface area contributed by atoms with Gasteiger partial charge in [0.15, 0.2) is 17.7 Å². The van der Waals surface area contributed by atoms with E-state index in [-0.39, 0.29) is 16.5 Å². The Morgan fingerprint density at radius 3 is 2.43 bits per heavy atom. The summed E-state index contributed by atoms with van der Waals surface area (Å²) in [6.45, 7) is 3.05. The van der Waals surface area contributed by atoms with Gasteiger partial charge in [0.1, 0.15) is 5.82 Å². The van der Waals surface area contributed by atoms with Gasteiger partial charge in [-0.15, -0.1) is 0 Å². The lowest BCUT2D eigenvalue weighted by molar-refractivity contribution is -0.389. The predicted octanol–water partition coefficient (Wildman–Crippen LogP) is 4.59. The molecule has 1 aromatic carbocycles. The number of nitrogens with one attached hydrogen (secondary N) is 2. The molecule has 8 nitrogen and oxygen atoms in total. The Balaban J connectivity index is 1.73. The molecule has 144 valence electrons. The number of nitrogens with zero attached hydrogens (tertiary/aromatic N) is 4. The summed E-state index contributed by atoms with van der Waals surface area (Å²) in [5.41, 5.74) is 1.54. The molecule has 0 unspecified atom stereocenters. The molecule has 0 bridgehead atoms. The van der Waals surface area contributed by atoms with Gasteiger partial charge in [-0.1, -0.05) is 29.3 Å². The van der Waals surface area contributed by atoms with Crippen LogP contribution in [0, 0.1) is 17.0 Å². The number of halogens is 2. The first-order chi connectivity index (χ1) is 13.4. The van der Waals surface area contributed by atoms with Gasteiger partial charge in [-0.25, -0.2) is 9.97 Å². The van der Waals surface area contributed by atoms with Crippen LogP contribution >= 0.6 is 23.2 Å². The zero-order valence-corrected chi connectivity index (χ0v) is 16.3. The first-order valence-electron chi connectivity index (χ1n) is 8.31. The number of hydrogen-bond acceptors (Lipinski definition) is 7. The van der Waals surface area contributed by atoms with Gasteiger partial charge < -0.3 is 20.7 Å². The minimum atomic E-state index is -0.596. The third kappa shape index (κ3) is 4.85. The van der Waals surface area contributed by atoms with E-state index in [1.165, 1.54) is 12.3 Å². The Bertz CT molecular complexity index is 998. The standard InChI is InChI=1S/C18H16Cl2N6O2/c1-11-2-5-15(23-9-11)21-6-7-22-16-10-24-18(26(27)28)17(25-16)13-4-3-12(19)8-14(13)20/h2-5,8-10H,6-7H2,1H3,(H,21,23)(H,22,25). The van der Waals surface area contributed by atoms with Crippen LogP contribution in [0.3, 0.4) is 0 Å². The Hall–Kier alpha value is -2.97. The van der Waals surface area contributed by atoms with Crippen LogP contribution in [-0.2, 0) is 0 Å². The average molecular weight is 419 g/mol. The number of anilines is 2. The highest BCUT2D eigenvalue weighted by Gasteiger charge is 2.22. The Morgan fingerprint density at radius 2 is 1.79 bits per heavy atom. The van der Waals surface area contributed by atoms with Crippen molar-refractivity contribution in [3.63, 3.8) is 0 Å². The first kappa shape index (κ1) is 19.8. The van der Waals surface area contributed by atoms with Gasteiger partial charge in [-0.3, -0.25) is 0 Å². The van der Waals surface area contributed by atoms with Gasteiger partial charge in [0, 0.05) is 29.9 Å². The van der Waals surface area contributed by atoms with E-state index in [4.69, 9.17) is 23.2 Å². The zero-order chi connectivity index (χ0) is 20.1. The zero-order valence-electron chi connectivity index (χ0n) is 14.8. The van der Waals surface area contributed by atoms with Crippen molar-refractivity contribution in [2.45, 2.75) is 6.92 Å². The minimum absolute atomic E-state index is 0.0739. The molecule has 0 atom stereocenters. The molecule has 0 saturated carbocycles. The normalized spacial score (nSPS) is 10.5. The molecule has 3 rings (SSSR count). The number of pyridine rings is 1.